The fraction of sp³-hybridized carbons (Fsp3) is 0.750. The van der Waals surface area contributed by atoms with Gasteiger partial charge in [-0.3, -0.25) is 9.69 Å². The molecule has 6 unspecified atom stereocenters. The number of carbonyl (C=O) groups excluding carboxylic acids is 2. The number of hydrogen-bond acceptors (Lipinski definition) is 9. The molecule has 6 aliphatic rings. The van der Waals surface area contributed by atoms with Crippen LogP contribution < -0.4 is 5.32 Å². The van der Waals surface area contributed by atoms with Crippen molar-refractivity contribution in [1.29, 1.82) is 0 Å². The molecule has 43 heavy (non-hydrogen) atoms. The summed E-state index contributed by atoms with van der Waals surface area (Å²) >= 11 is 0. The van der Waals surface area contributed by atoms with Gasteiger partial charge in [0.1, 0.15) is 16.8 Å². The number of anilines is 1. The molecule has 11 heteroatoms. The second-order valence-electron chi connectivity index (χ2n) is 13.7. The maximum absolute atomic E-state index is 14.0. The SMILES string of the molecule is Br.CCN1C[C@]2(OC(=O)c3ccccc3NC(C)=O)CCC(OC)C34C1C(C[C@@H]32)[C@@]1(O)C[C@H](OC)[C@H]2CC4[C@]1(O)C2OC. The van der Waals surface area contributed by atoms with Gasteiger partial charge >= 0.3 is 5.97 Å². The average molecular weight is 666 g/mol. The Morgan fingerprint density at radius 2 is 1.81 bits per heavy atom. The molecule has 1 aromatic rings. The molecular weight excluding hydrogens is 620 g/mol. The number of hydrogen-bond donors (Lipinski definition) is 3. The molecule has 0 radical (unpaired) electrons. The minimum Gasteiger partial charge on any atom is -0.454 e. The van der Waals surface area contributed by atoms with Crippen molar-refractivity contribution in [1.82, 2.24) is 4.90 Å². The Morgan fingerprint density at radius 3 is 2.47 bits per heavy atom. The zero-order valence-electron chi connectivity index (χ0n) is 25.6. The van der Waals surface area contributed by atoms with Crippen LogP contribution >= 0.6 is 17.0 Å². The van der Waals surface area contributed by atoms with E-state index in [2.05, 4.69) is 17.1 Å². The first-order valence-corrected chi connectivity index (χ1v) is 15.4. The van der Waals surface area contributed by atoms with Gasteiger partial charge in [-0.2, -0.15) is 0 Å². The number of nitrogens with one attached hydrogen (secondary N) is 1. The average Bonchev–Trinajstić information content (AvgIpc) is 3.39. The predicted octanol–water partition coefficient (Wildman–Crippen LogP) is 2.80. The van der Waals surface area contributed by atoms with Crippen molar-refractivity contribution < 1.29 is 38.7 Å². The summed E-state index contributed by atoms with van der Waals surface area (Å²) in [6.07, 6.45) is 1.91. The van der Waals surface area contributed by atoms with E-state index in [9.17, 15) is 19.8 Å². The van der Waals surface area contributed by atoms with E-state index in [-0.39, 0.29) is 64.8 Å². The highest BCUT2D eigenvalue weighted by Crippen LogP contribution is 2.79. The van der Waals surface area contributed by atoms with Crippen LogP contribution in [0.1, 0.15) is 56.3 Å². The van der Waals surface area contributed by atoms with E-state index in [0.29, 0.717) is 56.4 Å². The first-order valence-electron chi connectivity index (χ1n) is 15.4. The molecule has 7 bridgehead atoms. The molecule has 1 spiro atoms. The van der Waals surface area contributed by atoms with Crippen LogP contribution in [-0.2, 0) is 23.7 Å². The Kier molecular flexibility index (Phi) is 7.64. The summed E-state index contributed by atoms with van der Waals surface area (Å²) in [4.78, 5) is 28.3. The Bertz CT molecular complexity index is 1300. The highest BCUT2D eigenvalue weighted by Gasteiger charge is 2.89. The lowest BCUT2D eigenvalue weighted by atomic mass is 9.44. The topological polar surface area (TPSA) is 127 Å². The smallest absolute Gasteiger partial charge is 0.340 e. The second-order valence-corrected chi connectivity index (χ2v) is 13.7. The van der Waals surface area contributed by atoms with E-state index in [1.807, 2.05) is 0 Å². The number of para-hydroxylation sites is 1. The van der Waals surface area contributed by atoms with Crippen LogP contribution in [0.3, 0.4) is 0 Å². The van der Waals surface area contributed by atoms with Crippen molar-refractivity contribution in [2.24, 2.45) is 29.1 Å². The van der Waals surface area contributed by atoms with Crippen molar-refractivity contribution in [2.45, 2.75) is 87.1 Å². The molecule has 1 heterocycles. The molecule has 1 aliphatic heterocycles. The highest BCUT2D eigenvalue weighted by atomic mass is 79.9. The van der Waals surface area contributed by atoms with Crippen LogP contribution in [0.15, 0.2) is 24.3 Å². The molecule has 0 aromatic heterocycles. The molecule has 6 fully saturated rings. The number of nitrogens with zero attached hydrogens (tertiary/aromatic N) is 1. The third-order valence-electron chi connectivity index (χ3n) is 12.6. The summed E-state index contributed by atoms with van der Waals surface area (Å²) in [6.45, 7) is 4.79. The molecule has 3 N–H and O–H groups in total. The van der Waals surface area contributed by atoms with Gasteiger partial charge in [0, 0.05) is 76.3 Å². The third-order valence-corrected chi connectivity index (χ3v) is 12.6. The number of likely N-dealkylation sites (tertiary alicyclic amines) is 1. The van der Waals surface area contributed by atoms with Gasteiger partial charge in [-0.05, 0) is 44.4 Å². The minimum atomic E-state index is -1.48. The summed E-state index contributed by atoms with van der Waals surface area (Å²) in [5, 5.41) is 28.4. The van der Waals surface area contributed by atoms with Gasteiger partial charge in [-0.25, -0.2) is 4.79 Å². The molecule has 1 amide bonds. The number of amides is 1. The first-order chi connectivity index (χ1) is 20.1. The van der Waals surface area contributed by atoms with Crippen LogP contribution in [0.25, 0.3) is 0 Å². The summed E-state index contributed by atoms with van der Waals surface area (Å²) in [7, 11) is 5.05. The number of benzene rings is 1. The summed E-state index contributed by atoms with van der Waals surface area (Å²) in [6, 6.07) is 6.89. The lowest BCUT2D eigenvalue weighted by Gasteiger charge is -2.70. The molecule has 10 nitrogen and oxygen atoms in total. The zero-order chi connectivity index (χ0) is 29.8. The maximum atomic E-state index is 14.0. The Hall–Kier alpha value is -1.60. The molecule has 1 saturated heterocycles. The summed E-state index contributed by atoms with van der Waals surface area (Å²) in [5.41, 5.74) is -3.57. The number of ether oxygens (including phenoxy) is 4. The number of carbonyl (C=O) groups is 2. The van der Waals surface area contributed by atoms with Crippen LogP contribution in [0, 0.1) is 29.1 Å². The lowest BCUT2D eigenvalue weighted by molar-refractivity contribution is -0.337. The number of methoxy groups -OCH3 is 3. The molecule has 7 rings (SSSR count). The standard InChI is InChI=1S/C32H44N2O8.BrH/c1-6-34-16-29(42-28(36)18-9-7-8-10-21(18)33-17(2)35)12-11-25(40-4)31-23(29)14-20(26(31)34)30(37)15-22(39-3)19-13-24(31)32(30,38)27(19)41-5;/h7-10,19-20,22-27,37-38H,6,11-16H2,1-5H3,(H,33,35);1H/t19-,20?,22+,23-,24?,25?,26?,27?,29-,30+,31?,32+;/m1./s1. The molecule has 5 aliphatic carbocycles. The van der Waals surface area contributed by atoms with Crippen molar-refractivity contribution in [3.8, 4) is 0 Å². The highest BCUT2D eigenvalue weighted by molar-refractivity contribution is 8.93. The quantitative estimate of drug-likeness (QED) is 0.377. The van der Waals surface area contributed by atoms with Gasteiger partial charge in [0.25, 0.3) is 0 Å². The lowest BCUT2D eigenvalue weighted by Crippen LogP contribution is -2.83. The van der Waals surface area contributed by atoms with Crippen molar-refractivity contribution >= 4 is 34.5 Å². The van der Waals surface area contributed by atoms with Crippen LogP contribution in [-0.4, -0.2) is 103 Å². The van der Waals surface area contributed by atoms with Crippen LogP contribution in [0.4, 0.5) is 5.69 Å². The summed E-state index contributed by atoms with van der Waals surface area (Å²) in [5.74, 6) is -1.54. The fourth-order valence-electron chi connectivity index (χ4n) is 11.6. The Balaban J connectivity index is 0.00000329. The van der Waals surface area contributed by atoms with E-state index in [0.717, 1.165) is 0 Å². The largest absolute Gasteiger partial charge is 0.454 e. The molecule has 1 aromatic carbocycles. The number of halogens is 1. The number of aliphatic hydroxyl groups is 2. The number of rotatable bonds is 7. The zero-order valence-corrected chi connectivity index (χ0v) is 27.3. The fourth-order valence-corrected chi connectivity index (χ4v) is 11.6. The normalized spacial score (nSPS) is 47.0. The van der Waals surface area contributed by atoms with Crippen LogP contribution in [0.2, 0.25) is 0 Å². The third kappa shape index (κ3) is 3.67. The first kappa shape index (κ1) is 31.4. The Labute approximate surface area is 263 Å². The van der Waals surface area contributed by atoms with Crippen molar-refractivity contribution in [3.63, 3.8) is 0 Å². The van der Waals surface area contributed by atoms with Crippen LogP contribution in [0.5, 0.6) is 0 Å². The number of fused-ring (bicyclic) bond motifs is 2. The van der Waals surface area contributed by atoms with Gasteiger partial charge in [0.2, 0.25) is 5.91 Å². The Morgan fingerprint density at radius 1 is 1.07 bits per heavy atom. The molecule has 5 saturated carbocycles. The minimum absolute atomic E-state index is 0. The van der Waals surface area contributed by atoms with Gasteiger partial charge in [-0.15, -0.1) is 17.0 Å². The van der Waals surface area contributed by atoms with E-state index in [4.69, 9.17) is 18.9 Å². The molecule has 12 atom stereocenters. The summed E-state index contributed by atoms with van der Waals surface area (Å²) < 4.78 is 25.1. The van der Waals surface area contributed by atoms with Crippen molar-refractivity contribution in [3.05, 3.63) is 29.8 Å². The number of likely N-dealkylation sites (N-methyl/N-ethyl adjacent to an activating group) is 1. The van der Waals surface area contributed by atoms with E-state index in [1.54, 1.807) is 45.6 Å². The molecular formula is C32H45BrN2O8. The van der Waals surface area contributed by atoms with Gasteiger partial charge in [0.15, 0.2) is 0 Å². The predicted molar refractivity (Wildman–Crippen MR) is 162 cm³/mol. The second kappa shape index (κ2) is 10.5. The molecule has 238 valence electrons. The monoisotopic (exact) mass is 664 g/mol. The maximum Gasteiger partial charge on any atom is 0.340 e. The van der Waals surface area contributed by atoms with E-state index >= 15 is 0 Å². The number of piperidine rings is 1. The van der Waals surface area contributed by atoms with Gasteiger partial charge in [-0.1, -0.05) is 19.1 Å². The number of esters is 1. The van der Waals surface area contributed by atoms with E-state index < -0.39 is 34.3 Å². The van der Waals surface area contributed by atoms with Gasteiger partial charge < -0.3 is 34.5 Å². The van der Waals surface area contributed by atoms with E-state index in [1.165, 1.54) is 6.92 Å². The van der Waals surface area contributed by atoms with Gasteiger partial charge in [0.05, 0.1) is 29.6 Å². The van der Waals surface area contributed by atoms with Crippen molar-refractivity contribution in [2.75, 3.05) is 39.7 Å².